The molecule has 114 valence electrons. The van der Waals surface area contributed by atoms with Gasteiger partial charge in [0.1, 0.15) is 5.82 Å². The minimum absolute atomic E-state index is 0.369. The van der Waals surface area contributed by atoms with Crippen LogP contribution in [0.25, 0.3) is 0 Å². The molecule has 1 aromatic heterocycles. The monoisotopic (exact) mass is 288 g/mol. The molecule has 0 atom stereocenters. The van der Waals surface area contributed by atoms with Crippen molar-refractivity contribution in [3.63, 3.8) is 0 Å². The molecule has 2 aliphatic rings. The molecule has 3 rings (SSSR count). The van der Waals surface area contributed by atoms with E-state index in [2.05, 4.69) is 4.90 Å². The number of pyridine rings is 1. The van der Waals surface area contributed by atoms with Gasteiger partial charge in [0.25, 0.3) is 5.91 Å². The third-order valence-electron chi connectivity index (χ3n) is 4.79. The molecule has 2 heterocycles. The molecular formula is C16H24N4O. The number of anilines is 1. The molecule has 5 nitrogen and oxygen atoms in total. The Bertz CT molecular complexity index is 535. The molecule has 0 unspecified atom stereocenters. The summed E-state index contributed by atoms with van der Waals surface area (Å²) in [6, 6.07) is 1.98. The standard InChI is InChI=1S/C16H24N4O/c17-10-11-5-7-20(8-6-11)16-13(15(18)21)9-12-3-1-2-4-14(12)19-16/h9,11H,1-8,10,17H2,(H2,18,21). The number of rotatable bonds is 3. The second kappa shape index (κ2) is 6.02. The van der Waals surface area contributed by atoms with Gasteiger partial charge >= 0.3 is 0 Å². The topological polar surface area (TPSA) is 85.2 Å². The van der Waals surface area contributed by atoms with Gasteiger partial charge in [0, 0.05) is 18.8 Å². The van der Waals surface area contributed by atoms with E-state index in [1.807, 2.05) is 6.07 Å². The van der Waals surface area contributed by atoms with Gasteiger partial charge in [-0.2, -0.15) is 0 Å². The number of primary amides is 1. The molecule has 5 heteroatoms. The number of piperidine rings is 1. The molecule has 21 heavy (non-hydrogen) atoms. The summed E-state index contributed by atoms with van der Waals surface area (Å²) >= 11 is 0. The van der Waals surface area contributed by atoms with E-state index in [1.165, 1.54) is 18.4 Å². The molecule has 0 saturated carbocycles. The van der Waals surface area contributed by atoms with Gasteiger partial charge in [-0.05, 0) is 62.6 Å². The first kappa shape index (κ1) is 14.3. The lowest BCUT2D eigenvalue weighted by molar-refractivity contribution is 0.1000. The van der Waals surface area contributed by atoms with E-state index in [0.717, 1.165) is 56.8 Å². The summed E-state index contributed by atoms with van der Waals surface area (Å²) < 4.78 is 0. The maximum absolute atomic E-state index is 11.8. The van der Waals surface area contributed by atoms with Crippen molar-refractivity contribution in [1.82, 2.24) is 4.98 Å². The Kier molecular flexibility index (Phi) is 4.10. The summed E-state index contributed by atoms with van der Waals surface area (Å²) in [4.78, 5) is 18.8. The fourth-order valence-electron chi connectivity index (χ4n) is 3.43. The molecule has 0 spiro atoms. The number of hydrogen-bond acceptors (Lipinski definition) is 4. The summed E-state index contributed by atoms with van der Waals surface area (Å²) in [7, 11) is 0. The lowest BCUT2D eigenvalue weighted by atomic mass is 9.93. The van der Waals surface area contributed by atoms with E-state index in [9.17, 15) is 4.79 Å². The SMILES string of the molecule is NCC1CCN(c2nc3c(cc2C(N)=O)CCCC3)CC1. The first-order chi connectivity index (χ1) is 10.2. The van der Waals surface area contributed by atoms with Crippen LogP contribution in [-0.4, -0.2) is 30.5 Å². The van der Waals surface area contributed by atoms with Crippen LogP contribution in [0.3, 0.4) is 0 Å². The number of nitrogens with two attached hydrogens (primary N) is 2. The smallest absolute Gasteiger partial charge is 0.252 e. The quantitative estimate of drug-likeness (QED) is 0.876. The summed E-state index contributed by atoms with van der Waals surface area (Å²) in [5, 5.41) is 0. The molecule has 1 amide bonds. The van der Waals surface area contributed by atoms with Crippen LogP contribution in [-0.2, 0) is 12.8 Å². The average Bonchev–Trinajstić information content (AvgIpc) is 2.53. The zero-order valence-electron chi connectivity index (χ0n) is 12.5. The van der Waals surface area contributed by atoms with Crippen LogP contribution < -0.4 is 16.4 Å². The molecule has 1 aliphatic carbocycles. The Balaban J connectivity index is 1.91. The van der Waals surface area contributed by atoms with Gasteiger partial charge < -0.3 is 16.4 Å². The van der Waals surface area contributed by atoms with Gasteiger partial charge in [0.05, 0.1) is 5.56 Å². The lowest BCUT2D eigenvalue weighted by Gasteiger charge is -2.34. The van der Waals surface area contributed by atoms with Crippen LogP contribution in [0.15, 0.2) is 6.07 Å². The summed E-state index contributed by atoms with van der Waals surface area (Å²) in [5.41, 5.74) is 14.3. The van der Waals surface area contributed by atoms with Crippen LogP contribution in [0, 0.1) is 5.92 Å². The van der Waals surface area contributed by atoms with Crippen LogP contribution in [0.2, 0.25) is 0 Å². The third kappa shape index (κ3) is 2.88. The molecule has 1 fully saturated rings. The van der Waals surface area contributed by atoms with Crippen molar-refractivity contribution >= 4 is 11.7 Å². The van der Waals surface area contributed by atoms with E-state index in [0.29, 0.717) is 11.5 Å². The van der Waals surface area contributed by atoms with Gasteiger partial charge in [-0.25, -0.2) is 4.98 Å². The van der Waals surface area contributed by atoms with E-state index in [1.54, 1.807) is 0 Å². The largest absolute Gasteiger partial charge is 0.365 e. The number of fused-ring (bicyclic) bond motifs is 1. The van der Waals surface area contributed by atoms with Crippen LogP contribution in [0.1, 0.15) is 47.3 Å². The van der Waals surface area contributed by atoms with Crippen molar-refractivity contribution < 1.29 is 4.79 Å². The van der Waals surface area contributed by atoms with Gasteiger partial charge in [0.2, 0.25) is 0 Å². The average molecular weight is 288 g/mol. The maximum atomic E-state index is 11.8. The molecule has 1 saturated heterocycles. The highest BCUT2D eigenvalue weighted by Gasteiger charge is 2.25. The minimum atomic E-state index is -0.369. The van der Waals surface area contributed by atoms with Crippen molar-refractivity contribution in [2.75, 3.05) is 24.5 Å². The first-order valence-electron chi connectivity index (χ1n) is 7.96. The fourth-order valence-corrected chi connectivity index (χ4v) is 3.43. The normalized spacial score (nSPS) is 19.4. The molecular weight excluding hydrogens is 264 g/mol. The van der Waals surface area contributed by atoms with Crippen LogP contribution in [0.4, 0.5) is 5.82 Å². The Morgan fingerprint density at radius 1 is 1.29 bits per heavy atom. The van der Waals surface area contributed by atoms with Gasteiger partial charge in [-0.15, -0.1) is 0 Å². The van der Waals surface area contributed by atoms with Gasteiger partial charge in [-0.1, -0.05) is 0 Å². The highest BCUT2D eigenvalue weighted by molar-refractivity contribution is 5.98. The maximum Gasteiger partial charge on any atom is 0.252 e. The highest BCUT2D eigenvalue weighted by Crippen LogP contribution is 2.29. The molecule has 0 aromatic carbocycles. The van der Waals surface area contributed by atoms with Crippen LogP contribution in [0.5, 0.6) is 0 Å². The van der Waals surface area contributed by atoms with Crippen molar-refractivity contribution in [3.8, 4) is 0 Å². The zero-order chi connectivity index (χ0) is 14.8. The number of aromatic nitrogens is 1. The number of nitrogens with zero attached hydrogens (tertiary/aromatic N) is 2. The number of carbonyl (C=O) groups is 1. The highest BCUT2D eigenvalue weighted by atomic mass is 16.1. The molecule has 0 bridgehead atoms. The molecule has 4 N–H and O–H groups in total. The number of amides is 1. The summed E-state index contributed by atoms with van der Waals surface area (Å²) in [5.74, 6) is 1.02. The van der Waals surface area contributed by atoms with E-state index >= 15 is 0 Å². The second-order valence-electron chi connectivity index (χ2n) is 6.20. The fraction of sp³-hybridized carbons (Fsp3) is 0.625. The van der Waals surface area contributed by atoms with E-state index < -0.39 is 0 Å². The Hall–Kier alpha value is -1.62. The van der Waals surface area contributed by atoms with Gasteiger partial charge in [0.15, 0.2) is 0 Å². The summed E-state index contributed by atoms with van der Waals surface area (Å²) in [6.45, 7) is 2.57. The predicted molar refractivity (Wildman–Crippen MR) is 83.4 cm³/mol. The van der Waals surface area contributed by atoms with E-state index in [-0.39, 0.29) is 5.91 Å². The van der Waals surface area contributed by atoms with Crippen molar-refractivity contribution in [3.05, 3.63) is 22.9 Å². The van der Waals surface area contributed by atoms with Crippen molar-refractivity contribution in [1.29, 1.82) is 0 Å². The first-order valence-corrected chi connectivity index (χ1v) is 7.96. The zero-order valence-corrected chi connectivity index (χ0v) is 12.5. The lowest BCUT2D eigenvalue weighted by Crippen LogP contribution is -2.38. The third-order valence-corrected chi connectivity index (χ3v) is 4.79. The summed E-state index contributed by atoms with van der Waals surface area (Å²) in [6.07, 6.45) is 6.51. The van der Waals surface area contributed by atoms with Crippen molar-refractivity contribution in [2.24, 2.45) is 17.4 Å². The predicted octanol–water partition coefficient (Wildman–Crippen LogP) is 1.23. The Labute approximate surface area is 125 Å². The number of hydrogen-bond donors (Lipinski definition) is 2. The number of carbonyl (C=O) groups excluding carboxylic acids is 1. The molecule has 0 radical (unpaired) electrons. The minimum Gasteiger partial charge on any atom is -0.365 e. The van der Waals surface area contributed by atoms with Crippen molar-refractivity contribution in [2.45, 2.75) is 38.5 Å². The van der Waals surface area contributed by atoms with Crippen LogP contribution >= 0.6 is 0 Å². The molecule has 1 aliphatic heterocycles. The second-order valence-corrected chi connectivity index (χ2v) is 6.20. The Morgan fingerprint density at radius 3 is 2.67 bits per heavy atom. The van der Waals surface area contributed by atoms with E-state index in [4.69, 9.17) is 16.5 Å². The number of aryl methyl sites for hydroxylation is 2. The van der Waals surface area contributed by atoms with Gasteiger partial charge in [-0.3, -0.25) is 4.79 Å². The molecule has 1 aromatic rings. The Morgan fingerprint density at radius 2 is 2.00 bits per heavy atom.